The van der Waals surface area contributed by atoms with Crippen LogP contribution in [0, 0.1) is 5.82 Å². The van der Waals surface area contributed by atoms with Gasteiger partial charge in [0.2, 0.25) is 0 Å². The molecule has 4 heteroatoms. The largest absolute Gasteiger partial charge is 0.457 e. The SMILES string of the molecule is CNC(C)c1cc(F)ccc1Oc1ccc(SC)cc1. The van der Waals surface area contributed by atoms with Crippen LogP contribution >= 0.6 is 11.8 Å². The number of halogens is 1. The summed E-state index contributed by atoms with van der Waals surface area (Å²) < 4.78 is 19.3. The van der Waals surface area contributed by atoms with Crippen LogP contribution in [0.25, 0.3) is 0 Å². The molecule has 2 rings (SSSR count). The third kappa shape index (κ3) is 3.52. The van der Waals surface area contributed by atoms with Crippen molar-refractivity contribution in [1.29, 1.82) is 0 Å². The van der Waals surface area contributed by atoms with E-state index in [1.165, 1.54) is 17.0 Å². The van der Waals surface area contributed by atoms with Crippen LogP contribution in [0.5, 0.6) is 11.5 Å². The highest BCUT2D eigenvalue weighted by molar-refractivity contribution is 7.98. The average Bonchev–Trinajstić information content (AvgIpc) is 2.49. The van der Waals surface area contributed by atoms with E-state index in [2.05, 4.69) is 5.32 Å². The Kier molecular flexibility index (Phi) is 5.04. The Hall–Kier alpha value is -1.52. The Morgan fingerprint density at radius 2 is 1.85 bits per heavy atom. The first-order valence-corrected chi connectivity index (χ1v) is 7.65. The minimum absolute atomic E-state index is 0.0196. The van der Waals surface area contributed by atoms with E-state index in [1.54, 1.807) is 17.8 Å². The lowest BCUT2D eigenvalue weighted by Crippen LogP contribution is -2.13. The molecular formula is C16H18FNOS. The molecule has 1 atom stereocenters. The highest BCUT2D eigenvalue weighted by Gasteiger charge is 2.12. The summed E-state index contributed by atoms with van der Waals surface area (Å²) in [6.07, 6.45) is 2.03. The van der Waals surface area contributed by atoms with E-state index in [0.29, 0.717) is 5.75 Å². The van der Waals surface area contributed by atoms with Crippen molar-refractivity contribution in [3.05, 3.63) is 53.8 Å². The maximum absolute atomic E-state index is 13.4. The zero-order valence-corrected chi connectivity index (χ0v) is 12.6. The zero-order chi connectivity index (χ0) is 14.5. The van der Waals surface area contributed by atoms with Gasteiger partial charge in [0.25, 0.3) is 0 Å². The maximum Gasteiger partial charge on any atom is 0.132 e. The van der Waals surface area contributed by atoms with Gasteiger partial charge in [-0.05, 0) is 62.7 Å². The van der Waals surface area contributed by atoms with Gasteiger partial charge in [-0.3, -0.25) is 0 Å². The van der Waals surface area contributed by atoms with Gasteiger partial charge in [0.1, 0.15) is 17.3 Å². The number of ether oxygens (including phenoxy) is 1. The van der Waals surface area contributed by atoms with E-state index in [1.807, 2.05) is 44.5 Å². The molecule has 0 bridgehead atoms. The Morgan fingerprint density at radius 3 is 2.45 bits per heavy atom. The van der Waals surface area contributed by atoms with Gasteiger partial charge in [-0.25, -0.2) is 4.39 Å². The first kappa shape index (κ1) is 14.9. The third-order valence-electron chi connectivity index (χ3n) is 3.16. The van der Waals surface area contributed by atoms with Gasteiger partial charge in [-0.2, -0.15) is 0 Å². The Bertz CT molecular complexity index is 571. The second-order valence-electron chi connectivity index (χ2n) is 4.47. The smallest absolute Gasteiger partial charge is 0.132 e. The highest BCUT2D eigenvalue weighted by Crippen LogP contribution is 2.31. The van der Waals surface area contributed by atoms with Crippen molar-refractivity contribution in [3.63, 3.8) is 0 Å². The van der Waals surface area contributed by atoms with Gasteiger partial charge >= 0.3 is 0 Å². The number of thioether (sulfide) groups is 1. The molecule has 106 valence electrons. The molecule has 0 radical (unpaired) electrons. The lowest BCUT2D eigenvalue weighted by atomic mass is 10.1. The van der Waals surface area contributed by atoms with E-state index in [9.17, 15) is 4.39 Å². The molecule has 2 aromatic rings. The topological polar surface area (TPSA) is 21.3 Å². The van der Waals surface area contributed by atoms with Crippen LogP contribution < -0.4 is 10.1 Å². The fraction of sp³-hybridized carbons (Fsp3) is 0.250. The minimum atomic E-state index is -0.257. The van der Waals surface area contributed by atoms with Gasteiger partial charge in [-0.1, -0.05) is 0 Å². The van der Waals surface area contributed by atoms with Crippen molar-refractivity contribution in [2.24, 2.45) is 0 Å². The maximum atomic E-state index is 13.4. The molecule has 1 unspecified atom stereocenters. The predicted molar refractivity (Wildman–Crippen MR) is 82.2 cm³/mol. The number of rotatable bonds is 5. The summed E-state index contributed by atoms with van der Waals surface area (Å²) in [6.45, 7) is 1.97. The van der Waals surface area contributed by atoms with E-state index in [4.69, 9.17) is 4.74 Å². The second-order valence-corrected chi connectivity index (χ2v) is 5.35. The van der Waals surface area contributed by atoms with Gasteiger partial charge in [0, 0.05) is 16.5 Å². The zero-order valence-electron chi connectivity index (χ0n) is 11.8. The fourth-order valence-electron chi connectivity index (χ4n) is 1.88. The quantitative estimate of drug-likeness (QED) is 0.812. The summed E-state index contributed by atoms with van der Waals surface area (Å²) in [7, 11) is 1.84. The van der Waals surface area contributed by atoms with Gasteiger partial charge in [-0.15, -0.1) is 11.8 Å². The molecule has 0 heterocycles. The molecule has 0 aliphatic heterocycles. The van der Waals surface area contributed by atoms with Crippen molar-refractivity contribution in [1.82, 2.24) is 5.32 Å². The van der Waals surface area contributed by atoms with Crippen molar-refractivity contribution < 1.29 is 9.13 Å². The first-order chi connectivity index (χ1) is 9.63. The van der Waals surface area contributed by atoms with Crippen molar-refractivity contribution in [2.75, 3.05) is 13.3 Å². The van der Waals surface area contributed by atoms with Crippen molar-refractivity contribution >= 4 is 11.8 Å². The van der Waals surface area contributed by atoms with Gasteiger partial charge < -0.3 is 10.1 Å². The van der Waals surface area contributed by atoms with E-state index in [-0.39, 0.29) is 11.9 Å². The minimum Gasteiger partial charge on any atom is -0.457 e. The molecule has 0 spiro atoms. The second kappa shape index (κ2) is 6.77. The molecule has 0 aliphatic rings. The molecule has 1 N–H and O–H groups in total. The summed E-state index contributed by atoms with van der Waals surface area (Å²) in [5.41, 5.74) is 0.807. The third-order valence-corrected chi connectivity index (χ3v) is 3.90. The monoisotopic (exact) mass is 291 g/mol. The molecule has 2 nitrogen and oxygen atoms in total. The molecule has 0 aromatic heterocycles. The van der Waals surface area contributed by atoms with Crippen LogP contribution in [0.3, 0.4) is 0 Å². The summed E-state index contributed by atoms with van der Waals surface area (Å²) in [4.78, 5) is 1.18. The summed E-state index contributed by atoms with van der Waals surface area (Å²) in [5, 5.41) is 3.10. The number of hydrogen-bond acceptors (Lipinski definition) is 3. The summed E-state index contributed by atoms with van der Waals surface area (Å²) in [5.74, 6) is 1.16. The van der Waals surface area contributed by atoms with Crippen molar-refractivity contribution in [2.45, 2.75) is 17.9 Å². The van der Waals surface area contributed by atoms with E-state index < -0.39 is 0 Å². The predicted octanol–water partition coefficient (Wildman–Crippen LogP) is 4.62. The molecule has 0 saturated heterocycles. The molecule has 0 aliphatic carbocycles. The summed E-state index contributed by atoms with van der Waals surface area (Å²) >= 11 is 1.68. The fourth-order valence-corrected chi connectivity index (χ4v) is 2.29. The normalized spacial score (nSPS) is 12.2. The molecule has 20 heavy (non-hydrogen) atoms. The Labute approximate surface area is 123 Å². The van der Waals surface area contributed by atoms with E-state index >= 15 is 0 Å². The number of benzene rings is 2. The summed E-state index contributed by atoms with van der Waals surface area (Å²) in [6, 6.07) is 12.5. The molecule has 0 fully saturated rings. The van der Waals surface area contributed by atoms with Crippen LogP contribution in [-0.2, 0) is 0 Å². The van der Waals surface area contributed by atoms with Gasteiger partial charge in [0.05, 0.1) is 0 Å². The molecule has 0 amide bonds. The first-order valence-electron chi connectivity index (χ1n) is 6.42. The van der Waals surface area contributed by atoms with E-state index in [0.717, 1.165) is 11.3 Å². The van der Waals surface area contributed by atoms with Crippen molar-refractivity contribution in [3.8, 4) is 11.5 Å². The van der Waals surface area contributed by atoms with Crippen LogP contribution in [-0.4, -0.2) is 13.3 Å². The Balaban J connectivity index is 2.27. The van der Waals surface area contributed by atoms with Gasteiger partial charge in [0.15, 0.2) is 0 Å². The lowest BCUT2D eigenvalue weighted by Gasteiger charge is -2.16. The van der Waals surface area contributed by atoms with Crippen LogP contribution in [0.4, 0.5) is 4.39 Å². The average molecular weight is 291 g/mol. The molecular weight excluding hydrogens is 273 g/mol. The Morgan fingerprint density at radius 1 is 1.15 bits per heavy atom. The van der Waals surface area contributed by atoms with Crippen LogP contribution in [0.1, 0.15) is 18.5 Å². The molecule has 2 aromatic carbocycles. The van der Waals surface area contributed by atoms with Crippen LogP contribution in [0.2, 0.25) is 0 Å². The number of nitrogens with one attached hydrogen (secondary N) is 1. The lowest BCUT2D eigenvalue weighted by molar-refractivity contribution is 0.463. The van der Waals surface area contributed by atoms with Crippen LogP contribution in [0.15, 0.2) is 47.4 Å². The standard InChI is InChI=1S/C16H18FNOS/c1-11(18-2)15-10-12(17)4-9-16(15)19-13-5-7-14(20-3)8-6-13/h4-11,18H,1-3H3. The number of hydrogen-bond donors (Lipinski definition) is 1. The molecule has 0 saturated carbocycles. The highest BCUT2D eigenvalue weighted by atomic mass is 32.2.